The largest absolute Gasteiger partial charge is 0.485 e. The molecule has 5 aromatic rings. The van der Waals surface area contributed by atoms with Gasteiger partial charge in [0.2, 0.25) is 0 Å². The highest BCUT2D eigenvalue weighted by atomic mass is 32.1. The summed E-state index contributed by atoms with van der Waals surface area (Å²) in [7, 11) is 0. The third-order valence-corrected chi connectivity index (χ3v) is 5.85. The van der Waals surface area contributed by atoms with E-state index in [9.17, 15) is 0 Å². The summed E-state index contributed by atoms with van der Waals surface area (Å²) in [6.07, 6.45) is 3.65. The van der Waals surface area contributed by atoms with Crippen LogP contribution in [0.1, 0.15) is 16.7 Å². The summed E-state index contributed by atoms with van der Waals surface area (Å²) in [6, 6.07) is 35.9. The summed E-state index contributed by atoms with van der Waals surface area (Å²) in [5.41, 5.74) is 5.00. The smallest absolute Gasteiger partial charge is 0.198 e. The maximum Gasteiger partial charge on any atom is 0.198 e. The second-order valence-electron chi connectivity index (χ2n) is 8.18. The van der Waals surface area contributed by atoms with Crippen LogP contribution in [0, 0.1) is 4.77 Å². The Bertz CT molecular complexity index is 1490. The minimum absolute atomic E-state index is 0.437. The van der Waals surface area contributed by atoms with Gasteiger partial charge in [-0.05, 0) is 52.7 Å². The Balaban J connectivity index is 1.37. The number of benzene rings is 4. The Morgan fingerprint density at radius 3 is 1.94 bits per heavy atom. The van der Waals surface area contributed by atoms with Gasteiger partial charge in [-0.2, -0.15) is 5.10 Å². The van der Waals surface area contributed by atoms with Gasteiger partial charge in [-0.3, -0.25) is 0 Å². The highest BCUT2D eigenvalue weighted by Crippen LogP contribution is 2.30. The first kappa shape index (κ1) is 23.3. The first-order valence-electron chi connectivity index (χ1n) is 11.6. The van der Waals surface area contributed by atoms with E-state index in [0.29, 0.717) is 29.5 Å². The minimum Gasteiger partial charge on any atom is -0.485 e. The van der Waals surface area contributed by atoms with Gasteiger partial charge in [0.25, 0.3) is 0 Å². The van der Waals surface area contributed by atoms with E-state index in [1.54, 1.807) is 10.9 Å². The molecule has 0 aliphatic heterocycles. The lowest BCUT2D eigenvalue weighted by Crippen LogP contribution is -2.01. The van der Waals surface area contributed by atoms with Crippen LogP contribution in [-0.2, 0) is 13.2 Å². The van der Waals surface area contributed by atoms with Crippen LogP contribution < -0.4 is 9.47 Å². The number of nitrogens with zero attached hydrogens (tertiary/aromatic N) is 2. The summed E-state index contributed by atoms with van der Waals surface area (Å²) in [5, 5.41) is 4.56. The molecule has 178 valence electrons. The van der Waals surface area contributed by atoms with Crippen LogP contribution in [0.4, 0.5) is 0 Å². The average Bonchev–Trinajstić information content (AvgIpc) is 3.32. The first-order valence-corrected chi connectivity index (χ1v) is 12.0. The van der Waals surface area contributed by atoms with Crippen LogP contribution in [-0.4, -0.2) is 15.9 Å². The Morgan fingerprint density at radius 2 is 1.31 bits per heavy atom. The van der Waals surface area contributed by atoms with Gasteiger partial charge in [0.05, 0.1) is 18.1 Å². The fourth-order valence-corrected chi connectivity index (χ4v) is 3.88. The Kier molecular flexibility index (Phi) is 7.35. The van der Waals surface area contributed by atoms with Gasteiger partial charge in [-0.1, -0.05) is 91.0 Å². The van der Waals surface area contributed by atoms with Crippen LogP contribution in [0.15, 0.2) is 120 Å². The molecule has 6 heteroatoms. The number of nitrogens with one attached hydrogen (secondary N) is 1. The molecule has 1 N–H and O–H groups in total. The molecule has 5 rings (SSSR count). The molecule has 0 aliphatic carbocycles. The molecule has 0 saturated carbocycles. The van der Waals surface area contributed by atoms with Crippen molar-refractivity contribution in [3.05, 3.63) is 137 Å². The van der Waals surface area contributed by atoms with Gasteiger partial charge in [0, 0.05) is 0 Å². The monoisotopic (exact) mass is 491 g/mol. The molecule has 0 atom stereocenters. The van der Waals surface area contributed by atoms with E-state index >= 15 is 0 Å². The van der Waals surface area contributed by atoms with Gasteiger partial charge in [-0.15, -0.1) is 0 Å². The standard InChI is InChI=1S/C30H25N3O2S/c36-30-32-27(26-14-8-3-9-15-26)20-33(30)31-19-25-16-17-28(34-21-23-10-4-1-5-11-23)29(18-25)35-22-24-12-6-2-7-13-24/h1-20H,21-22H2,(H,32,36)/b31-19+. The summed E-state index contributed by atoms with van der Waals surface area (Å²) >= 11 is 5.46. The van der Waals surface area contributed by atoms with E-state index < -0.39 is 0 Å². The summed E-state index contributed by atoms with van der Waals surface area (Å²) < 4.78 is 14.5. The molecule has 1 heterocycles. The molecule has 0 bridgehead atoms. The molecule has 0 radical (unpaired) electrons. The number of ether oxygens (including phenoxy) is 2. The molecule has 0 aliphatic rings. The fourth-order valence-electron chi connectivity index (χ4n) is 3.67. The summed E-state index contributed by atoms with van der Waals surface area (Å²) in [5.74, 6) is 1.33. The second-order valence-corrected chi connectivity index (χ2v) is 8.57. The number of hydrogen-bond donors (Lipinski definition) is 1. The van der Waals surface area contributed by atoms with Crippen molar-refractivity contribution in [2.45, 2.75) is 13.2 Å². The zero-order valence-corrected chi connectivity index (χ0v) is 20.4. The molecule has 1 aromatic heterocycles. The first-order chi connectivity index (χ1) is 17.7. The van der Waals surface area contributed by atoms with Crippen molar-refractivity contribution in [1.82, 2.24) is 9.66 Å². The van der Waals surface area contributed by atoms with E-state index in [2.05, 4.69) is 10.1 Å². The van der Waals surface area contributed by atoms with Crippen molar-refractivity contribution in [2.24, 2.45) is 5.10 Å². The molecule has 36 heavy (non-hydrogen) atoms. The zero-order chi connectivity index (χ0) is 24.6. The number of aromatic amines is 1. The average molecular weight is 492 g/mol. The number of rotatable bonds is 9. The molecule has 0 unspecified atom stereocenters. The predicted molar refractivity (Wildman–Crippen MR) is 146 cm³/mol. The van der Waals surface area contributed by atoms with Crippen molar-refractivity contribution in [3.63, 3.8) is 0 Å². The van der Waals surface area contributed by atoms with Gasteiger partial charge in [-0.25, -0.2) is 4.68 Å². The summed E-state index contributed by atoms with van der Waals surface area (Å²) in [4.78, 5) is 3.21. The highest BCUT2D eigenvalue weighted by molar-refractivity contribution is 7.71. The Hall–Kier alpha value is -4.42. The second kappa shape index (κ2) is 11.3. The van der Waals surface area contributed by atoms with E-state index in [1.807, 2.05) is 115 Å². The number of H-pyrrole nitrogens is 1. The van der Waals surface area contributed by atoms with E-state index in [4.69, 9.17) is 21.7 Å². The zero-order valence-electron chi connectivity index (χ0n) is 19.6. The number of hydrogen-bond acceptors (Lipinski definition) is 4. The quantitative estimate of drug-likeness (QED) is 0.174. The molecule has 0 amide bonds. The van der Waals surface area contributed by atoms with Crippen molar-refractivity contribution >= 4 is 18.4 Å². The molecule has 0 saturated heterocycles. The molecule has 4 aromatic carbocycles. The van der Waals surface area contributed by atoms with Crippen LogP contribution >= 0.6 is 12.2 Å². The lowest BCUT2D eigenvalue weighted by molar-refractivity contribution is 0.256. The topological polar surface area (TPSA) is 51.5 Å². The van der Waals surface area contributed by atoms with E-state index in [0.717, 1.165) is 27.9 Å². The third-order valence-electron chi connectivity index (χ3n) is 5.56. The van der Waals surface area contributed by atoms with Crippen LogP contribution in [0.2, 0.25) is 0 Å². The maximum atomic E-state index is 6.17. The van der Waals surface area contributed by atoms with Crippen molar-refractivity contribution in [2.75, 3.05) is 0 Å². The highest BCUT2D eigenvalue weighted by Gasteiger charge is 2.08. The Morgan fingerprint density at radius 1 is 0.722 bits per heavy atom. The fraction of sp³-hybridized carbons (Fsp3) is 0.0667. The van der Waals surface area contributed by atoms with Crippen molar-refractivity contribution < 1.29 is 9.47 Å². The predicted octanol–water partition coefficient (Wildman–Crippen LogP) is 7.25. The third kappa shape index (κ3) is 5.98. The van der Waals surface area contributed by atoms with Crippen LogP contribution in [0.3, 0.4) is 0 Å². The molecular weight excluding hydrogens is 466 g/mol. The lowest BCUT2D eigenvalue weighted by Gasteiger charge is -2.14. The van der Waals surface area contributed by atoms with Gasteiger partial charge >= 0.3 is 0 Å². The Labute approximate surface area is 215 Å². The molecular formula is C30H25N3O2S. The minimum atomic E-state index is 0.437. The van der Waals surface area contributed by atoms with Gasteiger partial charge < -0.3 is 14.5 Å². The van der Waals surface area contributed by atoms with Crippen molar-refractivity contribution in [3.8, 4) is 22.8 Å². The van der Waals surface area contributed by atoms with Crippen molar-refractivity contribution in [1.29, 1.82) is 0 Å². The number of aromatic nitrogens is 2. The van der Waals surface area contributed by atoms with Crippen LogP contribution in [0.5, 0.6) is 11.5 Å². The molecule has 0 fully saturated rings. The van der Waals surface area contributed by atoms with E-state index in [-0.39, 0.29) is 0 Å². The molecule has 0 spiro atoms. The number of imidazole rings is 1. The van der Waals surface area contributed by atoms with Gasteiger partial charge in [0.1, 0.15) is 13.2 Å². The van der Waals surface area contributed by atoms with Crippen LogP contribution in [0.25, 0.3) is 11.3 Å². The van der Waals surface area contributed by atoms with E-state index in [1.165, 1.54) is 0 Å². The maximum absolute atomic E-state index is 6.17. The summed E-state index contributed by atoms with van der Waals surface area (Å²) in [6.45, 7) is 0.892. The molecule has 5 nitrogen and oxygen atoms in total. The SMILES string of the molecule is S=c1[nH]c(-c2ccccc2)cn1/N=C/c1ccc(OCc2ccccc2)c(OCc2ccccc2)c1. The van der Waals surface area contributed by atoms with Gasteiger partial charge in [0.15, 0.2) is 16.3 Å². The normalized spacial score (nSPS) is 11.0. The lowest BCUT2D eigenvalue weighted by atomic mass is 10.2.